The second-order valence-corrected chi connectivity index (χ2v) is 12.9. The van der Waals surface area contributed by atoms with Crippen molar-refractivity contribution in [2.24, 2.45) is 5.41 Å². The Labute approximate surface area is 245 Å². The minimum absolute atomic E-state index is 0.0250. The van der Waals surface area contributed by atoms with Crippen LogP contribution >= 0.6 is 11.6 Å². The summed E-state index contributed by atoms with van der Waals surface area (Å²) in [7, 11) is 2.17. The summed E-state index contributed by atoms with van der Waals surface area (Å²) >= 11 is 6.78. The van der Waals surface area contributed by atoms with E-state index in [1.54, 1.807) is 25.1 Å². The summed E-state index contributed by atoms with van der Waals surface area (Å²) in [6.45, 7) is 7.36. The topological polar surface area (TPSA) is 67.8 Å². The standard InChI is InChI=1S/C32H36ClFN6O/c1-20(12-24(41)13-21-6-4-3-5-7-21)27-26(33)14-25-29(28(27)34)36-31(40-18-32(19-40)10-11-38(2)17-32)37-30(25)39-15-22-8-9-23(16-39)35-22/h3-7,12-14,22-23,35,41H,8-11,15-19H2,1-2H3/b20-12+,24-13+. The Balaban J connectivity index is 1.30. The van der Waals surface area contributed by atoms with Gasteiger partial charge in [0.2, 0.25) is 5.95 Å². The van der Waals surface area contributed by atoms with Crippen LogP contribution in [0.4, 0.5) is 16.2 Å². The molecule has 2 aromatic carbocycles. The van der Waals surface area contributed by atoms with E-state index in [4.69, 9.17) is 21.6 Å². The molecule has 0 amide bonds. The number of benzene rings is 2. The molecule has 2 unspecified atom stereocenters. The van der Waals surface area contributed by atoms with Gasteiger partial charge in [0, 0.05) is 61.2 Å². The fraction of sp³-hybridized carbons (Fsp3) is 0.438. The van der Waals surface area contributed by atoms with E-state index in [0.29, 0.717) is 29.0 Å². The number of anilines is 2. The van der Waals surface area contributed by atoms with Crippen LogP contribution in [0.15, 0.2) is 48.2 Å². The summed E-state index contributed by atoms with van der Waals surface area (Å²) < 4.78 is 16.5. The van der Waals surface area contributed by atoms with Gasteiger partial charge in [-0.05, 0) is 69.1 Å². The Hall–Kier alpha value is -3.20. The van der Waals surface area contributed by atoms with Crippen LogP contribution in [-0.2, 0) is 0 Å². The highest BCUT2D eigenvalue weighted by atomic mass is 35.5. The summed E-state index contributed by atoms with van der Waals surface area (Å²) in [6, 6.07) is 12.1. The highest BCUT2D eigenvalue weighted by Crippen LogP contribution is 2.43. The summed E-state index contributed by atoms with van der Waals surface area (Å²) in [4.78, 5) is 16.8. The van der Waals surface area contributed by atoms with Crippen LogP contribution in [0, 0.1) is 11.2 Å². The molecule has 4 saturated heterocycles. The number of hydrogen-bond acceptors (Lipinski definition) is 7. The number of fused-ring (bicyclic) bond motifs is 3. The van der Waals surface area contributed by atoms with E-state index in [1.165, 1.54) is 6.42 Å². The summed E-state index contributed by atoms with van der Waals surface area (Å²) in [6.07, 6.45) is 6.65. The first kappa shape index (κ1) is 26.7. The zero-order valence-electron chi connectivity index (χ0n) is 23.6. The van der Waals surface area contributed by atoms with Crippen LogP contribution in [0.3, 0.4) is 0 Å². The lowest BCUT2D eigenvalue weighted by molar-refractivity contribution is 0.215. The SMILES string of the molecule is C/C(=C\C(O)=C/c1ccccc1)c1c(Cl)cc2c(N3CC4CCC(C3)N4)nc(N3CC4(CCN(C)C4)C3)nc2c1F. The van der Waals surface area contributed by atoms with E-state index in [9.17, 15) is 5.11 Å². The minimum atomic E-state index is -0.479. The summed E-state index contributed by atoms with van der Waals surface area (Å²) in [5.74, 6) is 0.887. The first-order valence-electron chi connectivity index (χ1n) is 14.6. The molecule has 1 aromatic heterocycles. The van der Waals surface area contributed by atoms with Crippen molar-refractivity contribution in [3.63, 3.8) is 0 Å². The third-order valence-electron chi connectivity index (χ3n) is 9.20. The number of likely N-dealkylation sites (tertiary alicyclic amines) is 1. The Morgan fingerprint density at radius 1 is 1.10 bits per heavy atom. The van der Waals surface area contributed by atoms with E-state index in [1.807, 2.05) is 30.3 Å². The van der Waals surface area contributed by atoms with E-state index < -0.39 is 5.82 Å². The molecule has 4 fully saturated rings. The molecule has 2 bridgehead atoms. The highest BCUT2D eigenvalue weighted by molar-refractivity contribution is 6.33. The molecule has 0 saturated carbocycles. The normalized spacial score (nSPS) is 24.5. The van der Waals surface area contributed by atoms with Gasteiger partial charge in [0.05, 0.1) is 5.02 Å². The molecule has 0 aliphatic carbocycles. The lowest BCUT2D eigenvalue weighted by atomic mass is 9.79. The predicted molar refractivity (Wildman–Crippen MR) is 164 cm³/mol. The van der Waals surface area contributed by atoms with E-state index >= 15 is 4.39 Å². The van der Waals surface area contributed by atoms with Gasteiger partial charge in [-0.3, -0.25) is 0 Å². The molecule has 1 spiro atoms. The Bertz CT molecular complexity index is 1540. The smallest absolute Gasteiger partial charge is 0.228 e. The Morgan fingerprint density at radius 2 is 1.83 bits per heavy atom. The molecule has 2 N–H and O–H groups in total. The zero-order valence-corrected chi connectivity index (χ0v) is 24.3. The van der Waals surface area contributed by atoms with Crippen molar-refractivity contribution in [2.75, 3.05) is 56.1 Å². The van der Waals surface area contributed by atoms with E-state index in [0.717, 1.165) is 63.5 Å². The predicted octanol–water partition coefficient (Wildman–Crippen LogP) is 5.51. The first-order chi connectivity index (χ1) is 19.8. The van der Waals surface area contributed by atoms with Gasteiger partial charge in [-0.15, -0.1) is 0 Å². The zero-order chi connectivity index (χ0) is 28.3. The molecule has 41 heavy (non-hydrogen) atoms. The number of halogens is 2. The third kappa shape index (κ3) is 4.96. The summed E-state index contributed by atoms with van der Waals surface area (Å²) in [5, 5.41) is 15.2. The average Bonchev–Trinajstić information content (AvgIpc) is 3.49. The minimum Gasteiger partial charge on any atom is -0.508 e. The molecule has 2 atom stereocenters. The third-order valence-corrected chi connectivity index (χ3v) is 9.50. The van der Waals surface area contributed by atoms with Crippen LogP contribution in [-0.4, -0.2) is 78.4 Å². The molecular formula is C32H36ClFN6O. The highest BCUT2D eigenvalue weighted by Gasteiger charge is 2.48. The number of aromatic nitrogens is 2. The van der Waals surface area contributed by atoms with E-state index in [-0.39, 0.29) is 27.3 Å². The van der Waals surface area contributed by atoms with E-state index in [2.05, 4.69) is 27.1 Å². The second kappa shape index (κ2) is 10.3. The maximum atomic E-state index is 16.5. The number of nitrogens with one attached hydrogen (secondary N) is 1. The van der Waals surface area contributed by atoms with Crippen molar-refractivity contribution in [3.05, 3.63) is 70.2 Å². The van der Waals surface area contributed by atoms with Gasteiger partial charge < -0.3 is 25.1 Å². The number of rotatable bonds is 5. The second-order valence-electron chi connectivity index (χ2n) is 12.5. The molecule has 7 nitrogen and oxygen atoms in total. The monoisotopic (exact) mass is 574 g/mol. The van der Waals surface area contributed by atoms with Crippen LogP contribution in [0.2, 0.25) is 5.02 Å². The van der Waals surface area contributed by atoms with Crippen LogP contribution < -0.4 is 15.1 Å². The van der Waals surface area contributed by atoms with Gasteiger partial charge in [-0.1, -0.05) is 41.9 Å². The lowest BCUT2D eigenvalue weighted by Crippen LogP contribution is -2.58. The van der Waals surface area contributed by atoms with Gasteiger partial charge in [-0.2, -0.15) is 4.98 Å². The average molecular weight is 575 g/mol. The number of piperazine rings is 1. The van der Waals surface area contributed by atoms with Crippen molar-refractivity contribution in [2.45, 2.75) is 38.3 Å². The van der Waals surface area contributed by atoms with Crippen LogP contribution in [0.5, 0.6) is 0 Å². The number of nitrogens with zero attached hydrogens (tertiary/aromatic N) is 5. The lowest BCUT2D eigenvalue weighted by Gasteiger charge is -2.48. The molecular weight excluding hydrogens is 539 g/mol. The summed E-state index contributed by atoms with van der Waals surface area (Å²) in [5.41, 5.74) is 2.18. The molecule has 4 aliphatic heterocycles. The van der Waals surface area contributed by atoms with Crippen molar-refractivity contribution >= 4 is 45.9 Å². The fourth-order valence-corrected chi connectivity index (χ4v) is 7.60. The molecule has 3 aromatic rings. The molecule has 7 rings (SSSR count). The maximum absolute atomic E-state index is 16.5. The molecule has 9 heteroatoms. The molecule has 5 heterocycles. The van der Waals surface area contributed by atoms with Gasteiger partial charge in [0.15, 0.2) is 5.82 Å². The maximum Gasteiger partial charge on any atom is 0.228 e. The Kier molecular flexibility index (Phi) is 6.68. The van der Waals surface area contributed by atoms with Gasteiger partial charge in [-0.25, -0.2) is 9.37 Å². The van der Waals surface area contributed by atoms with Crippen molar-refractivity contribution in [1.82, 2.24) is 20.2 Å². The largest absolute Gasteiger partial charge is 0.508 e. The molecule has 214 valence electrons. The molecule has 4 aliphatic rings. The number of aliphatic hydroxyl groups is 1. The number of aliphatic hydroxyl groups excluding tert-OH is 1. The van der Waals surface area contributed by atoms with Crippen LogP contribution in [0.25, 0.3) is 22.6 Å². The van der Waals surface area contributed by atoms with Crippen molar-refractivity contribution in [3.8, 4) is 0 Å². The number of hydrogen-bond donors (Lipinski definition) is 2. The van der Waals surface area contributed by atoms with Gasteiger partial charge in [0.1, 0.15) is 17.1 Å². The Morgan fingerprint density at radius 3 is 2.51 bits per heavy atom. The first-order valence-corrected chi connectivity index (χ1v) is 14.9. The molecule has 0 radical (unpaired) electrons. The van der Waals surface area contributed by atoms with Gasteiger partial charge >= 0.3 is 0 Å². The van der Waals surface area contributed by atoms with Crippen molar-refractivity contribution in [1.29, 1.82) is 0 Å². The van der Waals surface area contributed by atoms with Gasteiger partial charge in [0.25, 0.3) is 0 Å². The fourth-order valence-electron chi connectivity index (χ4n) is 7.26. The van der Waals surface area contributed by atoms with Crippen LogP contribution in [0.1, 0.15) is 37.3 Å². The number of allylic oxidation sites excluding steroid dienone is 2. The van der Waals surface area contributed by atoms with Crippen molar-refractivity contribution < 1.29 is 9.50 Å². The quantitative estimate of drug-likeness (QED) is 0.308.